The summed E-state index contributed by atoms with van der Waals surface area (Å²) in [5, 5.41) is 3.51. The van der Waals surface area contributed by atoms with Crippen LogP contribution in [0.3, 0.4) is 0 Å². The summed E-state index contributed by atoms with van der Waals surface area (Å²) in [6.07, 6.45) is 0. The number of likely N-dealkylation sites (N-methyl/N-ethyl adjacent to an activating group) is 1. The van der Waals surface area contributed by atoms with E-state index in [0.717, 1.165) is 13.1 Å². The van der Waals surface area contributed by atoms with E-state index < -0.39 is 0 Å². The normalized spacial score (nSPS) is 12.2. The fourth-order valence-corrected chi connectivity index (χ4v) is 1.84. The SMILES string of the molecule is Cc1ccc(CNCC(C)(C)N(C)C)cc1Br. The van der Waals surface area contributed by atoms with Crippen molar-refractivity contribution in [3.8, 4) is 0 Å². The molecule has 0 spiro atoms. The Morgan fingerprint density at radius 2 is 1.94 bits per heavy atom. The molecule has 1 rings (SSSR count). The lowest BCUT2D eigenvalue weighted by Gasteiger charge is -2.32. The van der Waals surface area contributed by atoms with E-state index in [9.17, 15) is 0 Å². The van der Waals surface area contributed by atoms with Crippen molar-refractivity contribution in [2.45, 2.75) is 32.9 Å². The zero-order chi connectivity index (χ0) is 13.1. The van der Waals surface area contributed by atoms with Crippen molar-refractivity contribution < 1.29 is 0 Å². The summed E-state index contributed by atoms with van der Waals surface area (Å²) in [7, 11) is 4.23. The van der Waals surface area contributed by atoms with Crippen LogP contribution in [0.25, 0.3) is 0 Å². The molecule has 0 unspecified atom stereocenters. The second-order valence-electron chi connectivity index (χ2n) is 5.39. The standard InChI is InChI=1S/C14H23BrN2/c1-11-6-7-12(8-13(11)15)9-16-10-14(2,3)17(4)5/h6-8,16H,9-10H2,1-5H3. The number of halogens is 1. The Kier molecular flexibility index (Phi) is 5.17. The molecular weight excluding hydrogens is 276 g/mol. The Hall–Kier alpha value is -0.380. The monoisotopic (exact) mass is 298 g/mol. The number of hydrogen-bond donors (Lipinski definition) is 1. The van der Waals surface area contributed by atoms with E-state index in [2.05, 4.69) is 79.2 Å². The smallest absolute Gasteiger partial charge is 0.0271 e. The molecule has 0 aromatic heterocycles. The van der Waals surface area contributed by atoms with Crippen molar-refractivity contribution in [2.24, 2.45) is 0 Å². The molecule has 0 radical (unpaired) electrons. The first-order valence-corrected chi connectivity index (χ1v) is 6.75. The molecular formula is C14H23BrN2. The molecule has 1 N–H and O–H groups in total. The van der Waals surface area contributed by atoms with Crippen molar-refractivity contribution in [3.63, 3.8) is 0 Å². The summed E-state index contributed by atoms with van der Waals surface area (Å²) in [5.41, 5.74) is 2.78. The van der Waals surface area contributed by atoms with Gasteiger partial charge < -0.3 is 10.2 Å². The van der Waals surface area contributed by atoms with E-state index in [1.807, 2.05) is 0 Å². The van der Waals surface area contributed by atoms with Crippen molar-refractivity contribution in [1.29, 1.82) is 0 Å². The van der Waals surface area contributed by atoms with Gasteiger partial charge in [-0.05, 0) is 52.1 Å². The zero-order valence-electron chi connectivity index (χ0n) is 11.5. The van der Waals surface area contributed by atoms with Gasteiger partial charge in [-0.1, -0.05) is 28.1 Å². The second kappa shape index (κ2) is 5.98. The Bertz CT molecular complexity index is 372. The van der Waals surface area contributed by atoms with Crippen LogP contribution in [-0.4, -0.2) is 31.1 Å². The Balaban J connectivity index is 2.49. The van der Waals surface area contributed by atoms with Crippen molar-refractivity contribution in [2.75, 3.05) is 20.6 Å². The molecule has 3 heteroatoms. The fraction of sp³-hybridized carbons (Fsp3) is 0.571. The first kappa shape index (κ1) is 14.7. The van der Waals surface area contributed by atoms with Crippen LogP contribution in [0.2, 0.25) is 0 Å². The van der Waals surface area contributed by atoms with Gasteiger partial charge in [-0.2, -0.15) is 0 Å². The van der Waals surface area contributed by atoms with Crippen molar-refractivity contribution in [1.82, 2.24) is 10.2 Å². The first-order chi connectivity index (χ1) is 7.83. The molecule has 96 valence electrons. The average Bonchev–Trinajstić information content (AvgIpc) is 2.23. The van der Waals surface area contributed by atoms with E-state index in [4.69, 9.17) is 0 Å². The van der Waals surface area contributed by atoms with Gasteiger partial charge in [-0.15, -0.1) is 0 Å². The van der Waals surface area contributed by atoms with Gasteiger partial charge in [0.2, 0.25) is 0 Å². The molecule has 0 fully saturated rings. The molecule has 1 aromatic carbocycles. The van der Waals surface area contributed by atoms with E-state index in [1.165, 1.54) is 15.6 Å². The molecule has 0 atom stereocenters. The highest BCUT2D eigenvalue weighted by Gasteiger charge is 2.19. The Labute approximate surface area is 114 Å². The molecule has 2 nitrogen and oxygen atoms in total. The third-order valence-electron chi connectivity index (χ3n) is 3.33. The highest BCUT2D eigenvalue weighted by atomic mass is 79.9. The molecule has 0 heterocycles. The zero-order valence-corrected chi connectivity index (χ0v) is 13.1. The maximum atomic E-state index is 3.56. The lowest BCUT2D eigenvalue weighted by molar-refractivity contribution is 0.190. The minimum absolute atomic E-state index is 0.182. The van der Waals surface area contributed by atoms with Gasteiger partial charge in [0.15, 0.2) is 0 Å². The van der Waals surface area contributed by atoms with E-state index in [-0.39, 0.29) is 5.54 Å². The minimum atomic E-state index is 0.182. The van der Waals surface area contributed by atoms with Gasteiger partial charge in [0, 0.05) is 23.1 Å². The first-order valence-electron chi connectivity index (χ1n) is 5.96. The number of aryl methyl sites for hydroxylation is 1. The van der Waals surface area contributed by atoms with E-state index >= 15 is 0 Å². The van der Waals surface area contributed by atoms with E-state index in [1.54, 1.807) is 0 Å². The quantitative estimate of drug-likeness (QED) is 0.898. The average molecular weight is 299 g/mol. The molecule has 17 heavy (non-hydrogen) atoms. The van der Waals surface area contributed by atoms with Crippen LogP contribution < -0.4 is 5.32 Å². The van der Waals surface area contributed by atoms with Gasteiger partial charge in [0.25, 0.3) is 0 Å². The third kappa shape index (κ3) is 4.41. The van der Waals surface area contributed by atoms with Gasteiger partial charge in [0.1, 0.15) is 0 Å². The van der Waals surface area contributed by atoms with Crippen LogP contribution in [0.5, 0.6) is 0 Å². The Morgan fingerprint density at radius 3 is 2.47 bits per heavy atom. The minimum Gasteiger partial charge on any atom is -0.311 e. The van der Waals surface area contributed by atoms with Gasteiger partial charge in [-0.3, -0.25) is 0 Å². The van der Waals surface area contributed by atoms with Crippen LogP contribution in [-0.2, 0) is 6.54 Å². The number of rotatable bonds is 5. The highest BCUT2D eigenvalue weighted by Crippen LogP contribution is 2.17. The summed E-state index contributed by atoms with van der Waals surface area (Å²) >= 11 is 3.56. The molecule has 0 amide bonds. The largest absolute Gasteiger partial charge is 0.311 e. The molecule has 0 bridgehead atoms. The van der Waals surface area contributed by atoms with Crippen LogP contribution >= 0.6 is 15.9 Å². The van der Waals surface area contributed by atoms with Crippen LogP contribution in [0.4, 0.5) is 0 Å². The van der Waals surface area contributed by atoms with Crippen LogP contribution in [0.15, 0.2) is 22.7 Å². The summed E-state index contributed by atoms with van der Waals surface area (Å²) in [6, 6.07) is 6.51. The fourth-order valence-electron chi connectivity index (χ4n) is 1.42. The number of benzene rings is 1. The number of nitrogens with zero attached hydrogens (tertiary/aromatic N) is 1. The van der Waals surface area contributed by atoms with Gasteiger partial charge in [0.05, 0.1) is 0 Å². The highest BCUT2D eigenvalue weighted by molar-refractivity contribution is 9.10. The number of hydrogen-bond acceptors (Lipinski definition) is 2. The molecule has 0 aliphatic rings. The third-order valence-corrected chi connectivity index (χ3v) is 4.19. The molecule has 0 saturated carbocycles. The van der Waals surface area contributed by atoms with Gasteiger partial charge in [-0.25, -0.2) is 0 Å². The molecule has 0 saturated heterocycles. The van der Waals surface area contributed by atoms with Crippen LogP contribution in [0, 0.1) is 6.92 Å². The summed E-state index contributed by atoms with van der Waals surface area (Å²) in [4.78, 5) is 2.24. The van der Waals surface area contributed by atoms with E-state index in [0.29, 0.717) is 0 Å². The molecule has 0 aliphatic heterocycles. The maximum Gasteiger partial charge on any atom is 0.0271 e. The topological polar surface area (TPSA) is 15.3 Å². The lowest BCUT2D eigenvalue weighted by Crippen LogP contribution is -2.46. The summed E-state index contributed by atoms with van der Waals surface area (Å²) in [6.45, 7) is 8.48. The van der Waals surface area contributed by atoms with Gasteiger partial charge >= 0.3 is 0 Å². The summed E-state index contributed by atoms with van der Waals surface area (Å²) < 4.78 is 1.18. The number of nitrogens with one attached hydrogen (secondary N) is 1. The van der Waals surface area contributed by atoms with Crippen LogP contribution in [0.1, 0.15) is 25.0 Å². The lowest BCUT2D eigenvalue weighted by atomic mass is 10.0. The Morgan fingerprint density at radius 1 is 1.29 bits per heavy atom. The molecule has 1 aromatic rings. The molecule has 0 aliphatic carbocycles. The predicted octanol–water partition coefficient (Wildman–Crippen LogP) is 3.19. The summed E-state index contributed by atoms with van der Waals surface area (Å²) in [5.74, 6) is 0. The predicted molar refractivity (Wildman–Crippen MR) is 78.4 cm³/mol. The van der Waals surface area contributed by atoms with Crippen molar-refractivity contribution in [3.05, 3.63) is 33.8 Å². The maximum absolute atomic E-state index is 3.56. The van der Waals surface area contributed by atoms with Crippen molar-refractivity contribution >= 4 is 15.9 Å². The second-order valence-corrected chi connectivity index (χ2v) is 6.25.